The van der Waals surface area contributed by atoms with Crippen LogP contribution in [0.2, 0.25) is 0 Å². The predicted octanol–water partition coefficient (Wildman–Crippen LogP) is 1.57. The first-order valence-electron chi connectivity index (χ1n) is 5.96. The lowest BCUT2D eigenvalue weighted by Gasteiger charge is -2.40. The second kappa shape index (κ2) is 5.61. The molecule has 1 aliphatic rings. The Morgan fingerprint density at radius 3 is 2.79 bits per heavy atom. The summed E-state index contributed by atoms with van der Waals surface area (Å²) in [5, 5.41) is 9.01. The van der Waals surface area contributed by atoms with Crippen LogP contribution in [-0.4, -0.2) is 48.1 Å². The molecule has 6 heteroatoms. The zero-order chi connectivity index (χ0) is 14.0. The molecule has 102 valence electrons. The molecule has 1 aromatic carbocycles. The highest BCUT2D eigenvalue weighted by molar-refractivity contribution is 9.10. The highest BCUT2D eigenvalue weighted by Gasteiger charge is 2.32. The molecule has 0 saturated carbocycles. The average molecular weight is 327 g/mol. The first-order chi connectivity index (χ1) is 8.99. The van der Waals surface area contributed by atoms with Crippen molar-refractivity contribution in [2.45, 2.75) is 12.5 Å². The Balaban J connectivity index is 2.31. The molecular formula is C13H15BrN2O3. The van der Waals surface area contributed by atoms with E-state index in [1.54, 1.807) is 11.9 Å². The number of carbonyl (C=O) groups is 2. The molecule has 2 rings (SSSR count). The molecule has 1 unspecified atom stereocenters. The van der Waals surface area contributed by atoms with Gasteiger partial charge in [0, 0.05) is 18.1 Å². The summed E-state index contributed by atoms with van der Waals surface area (Å²) >= 11 is 3.45. The fourth-order valence-corrected chi connectivity index (χ4v) is 2.77. The number of nitrogens with zero attached hydrogens (tertiary/aromatic N) is 2. The van der Waals surface area contributed by atoms with Crippen LogP contribution in [-0.2, 0) is 9.59 Å². The maximum absolute atomic E-state index is 11.8. The Morgan fingerprint density at radius 1 is 1.47 bits per heavy atom. The fraction of sp³-hybridized carbons (Fsp3) is 0.385. The summed E-state index contributed by atoms with van der Waals surface area (Å²) in [6, 6.07) is 7.32. The van der Waals surface area contributed by atoms with Crippen LogP contribution in [0.4, 0.5) is 5.69 Å². The Morgan fingerprint density at radius 2 is 2.16 bits per heavy atom. The summed E-state index contributed by atoms with van der Waals surface area (Å²) in [6.07, 6.45) is 0.0129. The summed E-state index contributed by atoms with van der Waals surface area (Å²) in [5.74, 6) is -0.859. The van der Waals surface area contributed by atoms with Crippen LogP contribution in [0.5, 0.6) is 0 Å². The van der Waals surface area contributed by atoms with Gasteiger partial charge in [0.25, 0.3) is 0 Å². The number of para-hydroxylation sites is 1. The maximum atomic E-state index is 11.8. The first kappa shape index (κ1) is 13.9. The van der Waals surface area contributed by atoms with Crippen LogP contribution in [0, 0.1) is 0 Å². The lowest BCUT2D eigenvalue weighted by Crippen LogP contribution is -2.55. The van der Waals surface area contributed by atoms with E-state index in [0.29, 0.717) is 6.54 Å². The third-order valence-electron chi connectivity index (χ3n) is 3.23. The number of amides is 1. The van der Waals surface area contributed by atoms with Crippen molar-refractivity contribution >= 4 is 33.5 Å². The Labute approximate surface area is 119 Å². The van der Waals surface area contributed by atoms with Crippen molar-refractivity contribution in [1.29, 1.82) is 0 Å². The number of carbonyl (C=O) groups excluding carboxylic acids is 1. The van der Waals surface area contributed by atoms with Crippen molar-refractivity contribution in [2.24, 2.45) is 0 Å². The Bertz CT molecular complexity index is 506. The molecule has 19 heavy (non-hydrogen) atoms. The van der Waals surface area contributed by atoms with Crippen LogP contribution in [0.1, 0.15) is 6.42 Å². The third kappa shape index (κ3) is 3.07. The summed E-state index contributed by atoms with van der Waals surface area (Å²) in [4.78, 5) is 26.3. The zero-order valence-electron chi connectivity index (χ0n) is 10.5. The Hall–Kier alpha value is -1.56. The number of benzene rings is 1. The number of piperazine rings is 1. The minimum Gasteiger partial charge on any atom is -0.481 e. The number of rotatable bonds is 3. The summed E-state index contributed by atoms with van der Waals surface area (Å²) in [6.45, 7) is 0.628. The second-order valence-corrected chi connectivity index (χ2v) is 5.46. The molecule has 1 heterocycles. The van der Waals surface area contributed by atoms with Gasteiger partial charge in [-0.1, -0.05) is 12.1 Å². The van der Waals surface area contributed by atoms with E-state index in [1.165, 1.54) is 0 Å². The summed E-state index contributed by atoms with van der Waals surface area (Å²) in [5.41, 5.74) is 0.857. The van der Waals surface area contributed by atoms with Crippen molar-refractivity contribution < 1.29 is 14.7 Å². The Kier molecular flexibility index (Phi) is 4.09. The van der Waals surface area contributed by atoms with Gasteiger partial charge in [0.05, 0.1) is 24.7 Å². The smallest absolute Gasteiger partial charge is 0.305 e. The summed E-state index contributed by atoms with van der Waals surface area (Å²) in [7, 11) is 1.70. The molecule has 1 N–H and O–H groups in total. The highest BCUT2D eigenvalue weighted by atomic mass is 79.9. The van der Waals surface area contributed by atoms with Gasteiger partial charge in [-0.2, -0.15) is 0 Å². The van der Waals surface area contributed by atoms with Gasteiger partial charge in [0.1, 0.15) is 0 Å². The first-order valence-corrected chi connectivity index (χ1v) is 6.75. The van der Waals surface area contributed by atoms with Crippen molar-refractivity contribution in [3.05, 3.63) is 28.7 Å². The largest absolute Gasteiger partial charge is 0.481 e. The van der Waals surface area contributed by atoms with Gasteiger partial charge in [0.15, 0.2) is 0 Å². The van der Waals surface area contributed by atoms with Gasteiger partial charge in [-0.05, 0) is 28.1 Å². The van der Waals surface area contributed by atoms with Crippen LogP contribution in [0.15, 0.2) is 28.7 Å². The molecule has 1 atom stereocenters. The molecule has 0 spiro atoms. The molecule has 0 aliphatic carbocycles. The monoisotopic (exact) mass is 326 g/mol. The van der Waals surface area contributed by atoms with Gasteiger partial charge in [-0.25, -0.2) is 0 Å². The van der Waals surface area contributed by atoms with E-state index >= 15 is 0 Å². The van der Waals surface area contributed by atoms with Crippen molar-refractivity contribution in [2.75, 3.05) is 25.0 Å². The standard InChI is InChI=1S/C13H15BrN2O3/c1-15-7-9(6-13(18)19)16(8-12(15)17)11-5-3-2-4-10(11)14/h2-5,9H,6-8H2,1H3,(H,18,19). The number of hydrogen-bond donors (Lipinski definition) is 1. The fourth-order valence-electron chi connectivity index (χ4n) is 2.25. The van der Waals surface area contributed by atoms with E-state index in [4.69, 9.17) is 5.11 Å². The van der Waals surface area contributed by atoms with Crippen LogP contribution in [0.25, 0.3) is 0 Å². The predicted molar refractivity (Wildman–Crippen MR) is 75.2 cm³/mol. The van der Waals surface area contributed by atoms with Crippen LogP contribution in [0.3, 0.4) is 0 Å². The number of aliphatic carboxylic acids is 1. The van der Waals surface area contributed by atoms with Gasteiger partial charge < -0.3 is 14.9 Å². The zero-order valence-corrected chi connectivity index (χ0v) is 12.1. The number of anilines is 1. The topological polar surface area (TPSA) is 60.9 Å². The lowest BCUT2D eigenvalue weighted by molar-refractivity contribution is -0.139. The quantitative estimate of drug-likeness (QED) is 0.916. The number of likely N-dealkylation sites (N-methyl/N-ethyl adjacent to an activating group) is 1. The van der Waals surface area contributed by atoms with Crippen LogP contribution >= 0.6 is 15.9 Å². The lowest BCUT2D eigenvalue weighted by atomic mass is 10.1. The van der Waals surface area contributed by atoms with Crippen LogP contribution < -0.4 is 4.90 Å². The normalized spacial score (nSPS) is 19.7. The maximum Gasteiger partial charge on any atom is 0.305 e. The van der Waals surface area contributed by atoms with Gasteiger partial charge in [-0.3, -0.25) is 9.59 Å². The number of hydrogen-bond acceptors (Lipinski definition) is 3. The highest BCUT2D eigenvalue weighted by Crippen LogP contribution is 2.29. The molecular weight excluding hydrogens is 312 g/mol. The van der Waals surface area contributed by atoms with Crippen molar-refractivity contribution in [3.63, 3.8) is 0 Å². The van der Waals surface area contributed by atoms with E-state index in [9.17, 15) is 9.59 Å². The number of carboxylic acids is 1. The average Bonchev–Trinajstić information content (AvgIpc) is 2.34. The van der Waals surface area contributed by atoms with Gasteiger partial charge in [-0.15, -0.1) is 0 Å². The molecule has 1 saturated heterocycles. The minimum atomic E-state index is -0.857. The molecule has 1 aromatic rings. The molecule has 1 amide bonds. The van der Waals surface area contributed by atoms with E-state index in [-0.39, 0.29) is 24.9 Å². The van der Waals surface area contributed by atoms with E-state index in [0.717, 1.165) is 10.2 Å². The molecule has 0 bridgehead atoms. The molecule has 5 nitrogen and oxygen atoms in total. The van der Waals surface area contributed by atoms with E-state index in [2.05, 4.69) is 15.9 Å². The van der Waals surface area contributed by atoms with Gasteiger partial charge in [0.2, 0.25) is 5.91 Å². The molecule has 0 aromatic heterocycles. The van der Waals surface area contributed by atoms with Crippen molar-refractivity contribution in [3.8, 4) is 0 Å². The van der Waals surface area contributed by atoms with Crippen molar-refractivity contribution in [1.82, 2.24) is 4.90 Å². The molecule has 0 radical (unpaired) electrons. The third-order valence-corrected chi connectivity index (χ3v) is 3.90. The molecule has 1 aliphatic heterocycles. The van der Waals surface area contributed by atoms with Gasteiger partial charge >= 0.3 is 5.97 Å². The van der Waals surface area contributed by atoms with E-state index < -0.39 is 5.97 Å². The molecule has 1 fully saturated rings. The van der Waals surface area contributed by atoms with E-state index in [1.807, 2.05) is 29.2 Å². The number of carboxylic acid groups (broad SMARTS) is 1. The SMILES string of the molecule is CN1CC(CC(=O)O)N(c2ccccc2Br)CC1=O. The number of halogens is 1. The second-order valence-electron chi connectivity index (χ2n) is 4.61. The minimum absolute atomic E-state index is 0.00241. The summed E-state index contributed by atoms with van der Waals surface area (Å²) < 4.78 is 0.864.